The lowest BCUT2D eigenvalue weighted by molar-refractivity contribution is 0.0679. The molecule has 1 heterocycles. The van der Waals surface area contributed by atoms with Crippen molar-refractivity contribution in [2.45, 2.75) is 19.9 Å². The Balaban J connectivity index is 1.95. The molecule has 1 fully saturated rings. The van der Waals surface area contributed by atoms with Crippen molar-refractivity contribution in [1.29, 1.82) is 0 Å². The number of hydrogen-bond acceptors (Lipinski definition) is 5. The lowest BCUT2D eigenvalue weighted by atomic mass is 10.2. The Kier molecular flexibility index (Phi) is 8.45. The van der Waals surface area contributed by atoms with Gasteiger partial charge in [0, 0.05) is 45.3 Å². The summed E-state index contributed by atoms with van der Waals surface area (Å²) in [5, 5.41) is 2.78. The number of hydrogen-bond donors (Lipinski definition) is 1. The van der Waals surface area contributed by atoms with Crippen molar-refractivity contribution < 1.29 is 9.53 Å². The zero-order valence-corrected chi connectivity index (χ0v) is 13.2. The fourth-order valence-corrected chi connectivity index (χ4v) is 2.34. The molecule has 0 aliphatic carbocycles. The van der Waals surface area contributed by atoms with Gasteiger partial charge in [0.1, 0.15) is 0 Å². The van der Waals surface area contributed by atoms with E-state index >= 15 is 0 Å². The molecule has 19 heavy (non-hydrogen) atoms. The van der Waals surface area contributed by atoms with Gasteiger partial charge in [-0.1, -0.05) is 11.8 Å². The molecule has 0 atom stereocenters. The Morgan fingerprint density at radius 1 is 1.26 bits per heavy atom. The summed E-state index contributed by atoms with van der Waals surface area (Å²) in [5.74, 6) is 0. The second-order valence-corrected chi connectivity index (χ2v) is 5.78. The van der Waals surface area contributed by atoms with E-state index in [4.69, 9.17) is 4.74 Å². The number of ether oxygens (including phenoxy) is 1. The molecule has 0 aromatic heterocycles. The zero-order chi connectivity index (χ0) is 14.1. The summed E-state index contributed by atoms with van der Waals surface area (Å²) in [6.45, 7) is 12.0. The summed E-state index contributed by atoms with van der Waals surface area (Å²) in [6, 6.07) is 0.651. The van der Waals surface area contributed by atoms with Crippen LogP contribution in [0.1, 0.15) is 13.8 Å². The monoisotopic (exact) mass is 289 g/mol. The smallest absolute Gasteiger partial charge is 0.278 e. The minimum atomic E-state index is 0.00778. The van der Waals surface area contributed by atoms with Crippen molar-refractivity contribution in [2.24, 2.45) is 0 Å². The highest BCUT2D eigenvalue weighted by atomic mass is 32.2. The van der Waals surface area contributed by atoms with Gasteiger partial charge in [-0.05, 0) is 20.1 Å². The minimum absolute atomic E-state index is 0.00778. The minimum Gasteiger partial charge on any atom is -0.378 e. The van der Waals surface area contributed by atoms with Gasteiger partial charge >= 0.3 is 0 Å². The number of carbonyl (C=O) groups excluding carboxylic acids is 1. The van der Waals surface area contributed by atoms with E-state index in [9.17, 15) is 4.79 Å². The highest BCUT2D eigenvalue weighted by molar-refractivity contribution is 8.12. The van der Waals surface area contributed by atoms with Gasteiger partial charge in [0.2, 0.25) is 0 Å². The number of rotatable bonds is 7. The van der Waals surface area contributed by atoms with Crippen LogP contribution in [0.5, 0.6) is 0 Å². The summed E-state index contributed by atoms with van der Waals surface area (Å²) in [7, 11) is 0. The Morgan fingerprint density at radius 3 is 2.53 bits per heavy atom. The lowest BCUT2D eigenvalue weighted by Crippen LogP contribution is -2.49. The van der Waals surface area contributed by atoms with Crippen LogP contribution < -0.4 is 5.32 Å². The van der Waals surface area contributed by atoms with Crippen molar-refractivity contribution in [2.75, 3.05) is 58.7 Å². The normalized spacial score (nSPS) is 17.9. The first kappa shape index (κ1) is 16.8. The molecule has 5 nitrogen and oxygen atoms in total. The quantitative estimate of drug-likeness (QED) is 0.711. The van der Waals surface area contributed by atoms with Crippen molar-refractivity contribution >= 4 is 17.0 Å². The molecule has 0 saturated carbocycles. The molecule has 1 aliphatic rings. The van der Waals surface area contributed by atoms with Crippen LogP contribution in [0.3, 0.4) is 0 Å². The SMILES string of the molecule is CSC(=O)NCCOCCN1CCN(C(C)C)CC1. The van der Waals surface area contributed by atoms with Crippen LogP contribution in [0, 0.1) is 0 Å². The summed E-state index contributed by atoms with van der Waals surface area (Å²) in [5.41, 5.74) is 0. The predicted octanol–water partition coefficient (Wildman–Crippen LogP) is 1.10. The van der Waals surface area contributed by atoms with E-state index in [1.165, 1.54) is 11.8 Å². The van der Waals surface area contributed by atoms with E-state index in [0.717, 1.165) is 39.3 Å². The lowest BCUT2D eigenvalue weighted by Gasteiger charge is -2.36. The van der Waals surface area contributed by atoms with Crippen molar-refractivity contribution in [1.82, 2.24) is 15.1 Å². The van der Waals surface area contributed by atoms with Crippen molar-refractivity contribution in [3.05, 3.63) is 0 Å². The van der Waals surface area contributed by atoms with Crippen molar-refractivity contribution in [3.8, 4) is 0 Å². The Hall–Kier alpha value is -0.300. The number of thioether (sulfide) groups is 1. The second-order valence-electron chi connectivity index (χ2n) is 5.00. The first-order valence-corrected chi connectivity index (χ1v) is 8.22. The van der Waals surface area contributed by atoms with Crippen LogP contribution in [0.25, 0.3) is 0 Å². The fourth-order valence-electron chi connectivity index (χ4n) is 2.10. The molecule has 6 heteroatoms. The Labute approximate surface area is 121 Å². The van der Waals surface area contributed by atoms with E-state index in [-0.39, 0.29) is 5.24 Å². The molecule has 1 aliphatic heterocycles. The van der Waals surface area contributed by atoms with Crippen LogP contribution >= 0.6 is 11.8 Å². The first-order chi connectivity index (χ1) is 9.13. The topological polar surface area (TPSA) is 44.8 Å². The third kappa shape index (κ3) is 7.15. The first-order valence-electron chi connectivity index (χ1n) is 6.99. The number of piperazine rings is 1. The van der Waals surface area contributed by atoms with E-state index in [1.54, 1.807) is 6.26 Å². The highest BCUT2D eigenvalue weighted by Crippen LogP contribution is 2.05. The number of nitrogens with zero attached hydrogens (tertiary/aromatic N) is 2. The Morgan fingerprint density at radius 2 is 1.95 bits per heavy atom. The van der Waals surface area contributed by atoms with Crippen molar-refractivity contribution in [3.63, 3.8) is 0 Å². The number of carbonyl (C=O) groups is 1. The van der Waals surface area contributed by atoms with Gasteiger partial charge in [-0.3, -0.25) is 14.6 Å². The summed E-state index contributed by atoms with van der Waals surface area (Å²) in [4.78, 5) is 15.9. The highest BCUT2D eigenvalue weighted by Gasteiger charge is 2.17. The van der Waals surface area contributed by atoms with Gasteiger partial charge in [0.15, 0.2) is 0 Å². The van der Waals surface area contributed by atoms with Gasteiger partial charge in [-0.15, -0.1) is 0 Å². The third-order valence-corrected chi connectivity index (χ3v) is 3.91. The standard InChI is InChI=1S/C13H27N3O2S/c1-12(2)16-7-5-15(6-8-16)9-11-18-10-4-14-13(17)19-3/h12H,4-11H2,1-3H3,(H,14,17). The molecule has 0 bridgehead atoms. The van der Waals surface area contributed by atoms with E-state index < -0.39 is 0 Å². The largest absolute Gasteiger partial charge is 0.378 e. The summed E-state index contributed by atoms with van der Waals surface area (Å²) >= 11 is 1.20. The number of nitrogens with one attached hydrogen (secondary N) is 1. The van der Waals surface area contributed by atoms with Gasteiger partial charge in [0.05, 0.1) is 13.2 Å². The molecule has 1 saturated heterocycles. The zero-order valence-electron chi connectivity index (χ0n) is 12.4. The van der Waals surface area contributed by atoms with Crippen LogP contribution in [-0.4, -0.2) is 79.8 Å². The average molecular weight is 289 g/mol. The predicted molar refractivity (Wildman–Crippen MR) is 80.9 cm³/mol. The average Bonchev–Trinajstić information content (AvgIpc) is 2.42. The Bertz CT molecular complexity index is 256. The van der Waals surface area contributed by atoms with Crippen LogP contribution in [-0.2, 0) is 4.74 Å². The molecule has 0 unspecified atom stereocenters. The second kappa shape index (κ2) is 9.58. The van der Waals surface area contributed by atoms with Crippen LogP contribution in [0.2, 0.25) is 0 Å². The maximum absolute atomic E-state index is 11.0. The molecule has 1 amide bonds. The maximum Gasteiger partial charge on any atom is 0.278 e. The van der Waals surface area contributed by atoms with Gasteiger partial charge < -0.3 is 10.1 Å². The molecule has 1 rings (SSSR count). The molecular formula is C13H27N3O2S. The molecular weight excluding hydrogens is 262 g/mol. The van der Waals surface area contributed by atoms with E-state index in [2.05, 4.69) is 29.0 Å². The fraction of sp³-hybridized carbons (Fsp3) is 0.923. The van der Waals surface area contributed by atoms with Crippen LogP contribution in [0.4, 0.5) is 4.79 Å². The molecule has 112 valence electrons. The van der Waals surface area contributed by atoms with E-state index in [0.29, 0.717) is 19.2 Å². The molecule has 1 N–H and O–H groups in total. The molecule has 0 spiro atoms. The van der Waals surface area contributed by atoms with E-state index in [1.807, 2.05) is 0 Å². The van der Waals surface area contributed by atoms with Crippen LogP contribution in [0.15, 0.2) is 0 Å². The third-order valence-electron chi connectivity index (χ3n) is 3.39. The maximum atomic E-state index is 11.0. The summed E-state index contributed by atoms with van der Waals surface area (Å²) < 4.78 is 5.53. The number of amides is 1. The molecule has 0 aromatic carbocycles. The summed E-state index contributed by atoms with van der Waals surface area (Å²) in [6.07, 6.45) is 1.77. The molecule has 0 aromatic rings. The van der Waals surface area contributed by atoms with Gasteiger partial charge in [0.25, 0.3) is 5.24 Å². The molecule has 0 radical (unpaired) electrons. The van der Waals surface area contributed by atoms with Gasteiger partial charge in [-0.25, -0.2) is 0 Å². The van der Waals surface area contributed by atoms with Gasteiger partial charge in [-0.2, -0.15) is 0 Å².